The molecule has 7 nitrogen and oxygen atoms in total. The van der Waals surface area contributed by atoms with Gasteiger partial charge in [-0.2, -0.15) is 0 Å². The topological polar surface area (TPSA) is 73.0 Å². The number of anilines is 3. The van der Waals surface area contributed by atoms with Crippen molar-refractivity contribution in [3.63, 3.8) is 0 Å². The number of halogens is 2. The third-order valence-corrected chi connectivity index (χ3v) is 7.22. The number of benzene rings is 2. The number of sulfonamides is 1. The van der Waals surface area contributed by atoms with Gasteiger partial charge in [-0.1, -0.05) is 0 Å². The lowest BCUT2D eigenvalue weighted by Gasteiger charge is -2.30. The molecule has 2 aromatic rings. The van der Waals surface area contributed by atoms with Crippen molar-refractivity contribution < 1.29 is 22.0 Å². The number of piperidine rings is 1. The fraction of sp³-hybridized carbons (Fsp3) is 0.409. The van der Waals surface area contributed by atoms with Crippen LogP contribution in [0.2, 0.25) is 0 Å². The summed E-state index contributed by atoms with van der Waals surface area (Å²) in [6, 6.07) is 6.48. The van der Waals surface area contributed by atoms with Crippen LogP contribution in [0.25, 0.3) is 0 Å². The van der Waals surface area contributed by atoms with Gasteiger partial charge in [0.2, 0.25) is 10.0 Å². The first-order chi connectivity index (χ1) is 15.0. The minimum Gasteiger partial charge on any atom is -0.373 e. The molecule has 174 valence electrons. The predicted octanol–water partition coefficient (Wildman–Crippen LogP) is 3.52. The molecule has 0 spiro atoms. The van der Waals surface area contributed by atoms with Crippen molar-refractivity contribution in [2.24, 2.45) is 0 Å². The summed E-state index contributed by atoms with van der Waals surface area (Å²) < 4.78 is 55.0. The molecule has 1 aliphatic rings. The minimum absolute atomic E-state index is 0.0336. The third kappa shape index (κ3) is 4.86. The number of hydrogen-bond acceptors (Lipinski definition) is 5. The Labute approximate surface area is 187 Å². The smallest absolute Gasteiger partial charge is 0.257 e. The maximum atomic E-state index is 14.4. The van der Waals surface area contributed by atoms with Gasteiger partial charge < -0.3 is 15.1 Å². The quantitative estimate of drug-likeness (QED) is 0.705. The highest BCUT2D eigenvalue weighted by Gasteiger charge is 2.25. The number of rotatable bonds is 6. The van der Waals surface area contributed by atoms with Crippen LogP contribution in [0.4, 0.5) is 25.8 Å². The predicted molar refractivity (Wildman–Crippen MR) is 122 cm³/mol. The molecular formula is C22H28F2N4O3S. The molecule has 32 heavy (non-hydrogen) atoms. The molecule has 0 atom stereocenters. The van der Waals surface area contributed by atoms with Crippen LogP contribution in [0.5, 0.6) is 0 Å². The van der Waals surface area contributed by atoms with Gasteiger partial charge in [0.05, 0.1) is 10.5 Å². The number of nitrogens with one attached hydrogen (secondary N) is 1. The molecule has 10 heteroatoms. The van der Waals surface area contributed by atoms with E-state index in [1.54, 1.807) is 6.07 Å². The van der Waals surface area contributed by atoms with Crippen LogP contribution >= 0.6 is 0 Å². The zero-order valence-electron chi connectivity index (χ0n) is 18.7. The van der Waals surface area contributed by atoms with Crippen molar-refractivity contribution in [1.82, 2.24) is 4.31 Å². The SMILES string of the molecule is CN(C)c1c(F)cc(NC(=O)c2cc(S(=O)(=O)N(C)C)ccc2N2CCCCC2)cc1F. The summed E-state index contributed by atoms with van der Waals surface area (Å²) in [7, 11) is 2.07. The standard InChI is InChI=1S/C22H28F2N4O3S/c1-26(2)21-18(23)12-15(13-19(21)24)25-22(29)17-14-16(32(30,31)27(3)4)8-9-20(17)28-10-6-5-7-11-28/h8-9,12-14H,5-7,10-11H2,1-4H3,(H,25,29). The van der Waals surface area contributed by atoms with Gasteiger partial charge in [0.1, 0.15) is 5.69 Å². The van der Waals surface area contributed by atoms with Gasteiger partial charge in [0.25, 0.3) is 5.91 Å². The summed E-state index contributed by atoms with van der Waals surface area (Å²) in [6.07, 6.45) is 3.00. The largest absolute Gasteiger partial charge is 0.373 e. The van der Waals surface area contributed by atoms with E-state index in [9.17, 15) is 22.0 Å². The van der Waals surface area contributed by atoms with Gasteiger partial charge >= 0.3 is 0 Å². The Kier molecular flexibility index (Phi) is 7.04. The Balaban J connectivity index is 2.02. The first-order valence-corrected chi connectivity index (χ1v) is 11.8. The molecule has 0 bridgehead atoms. The Bertz CT molecular complexity index is 1090. The second-order valence-electron chi connectivity index (χ2n) is 8.15. The lowest BCUT2D eigenvalue weighted by molar-refractivity contribution is 0.102. The summed E-state index contributed by atoms with van der Waals surface area (Å²) in [6.45, 7) is 1.47. The normalized spacial score (nSPS) is 14.5. The summed E-state index contributed by atoms with van der Waals surface area (Å²) in [5.74, 6) is -2.27. The van der Waals surface area contributed by atoms with Crippen LogP contribution in [-0.4, -0.2) is 59.9 Å². The van der Waals surface area contributed by atoms with Crippen molar-refractivity contribution >= 4 is 33.0 Å². The van der Waals surface area contributed by atoms with Gasteiger partial charge in [-0.05, 0) is 49.6 Å². The van der Waals surface area contributed by atoms with Crippen LogP contribution in [0, 0.1) is 11.6 Å². The Morgan fingerprint density at radius 1 is 0.969 bits per heavy atom. The van der Waals surface area contributed by atoms with E-state index in [0.717, 1.165) is 48.8 Å². The Hall–Kier alpha value is -2.72. The highest BCUT2D eigenvalue weighted by atomic mass is 32.2. The third-order valence-electron chi connectivity index (χ3n) is 5.41. The molecule has 1 heterocycles. The van der Waals surface area contributed by atoms with Gasteiger partial charge in [0.15, 0.2) is 11.6 Å². The molecule has 0 saturated carbocycles. The maximum Gasteiger partial charge on any atom is 0.257 e. The maximum absolute atomic E-state index is 14.4. The van der Waals surface area contributed by atoms with E-state index in [0.29, 0.717) is 5.69 Å². The molecule has 1 N–H and O–H groups in total. The summed E-state index contributed by atoms with van der Waals surface area (Å²) >= 11 is 0. The average molecular weight is 467 g/mol. The zero-order chi connectivity index (χ0) is 23.6. The molecule has 0 aromatic heterocycles. The fourth-order valence-corrected chi connectivity index (χ4v) is 4.67. The van der Waals surface area contributed by atoms with Gasteiger partial charge in [-0.3, -0.25) is 4.79 Å². The molecule has 1 aliphatic heterocycles. The lowest BCUT2D eigenvalue weighted by atomic mass is 10.1. The molecule has 1 fully saturated rings. The molecule has 1 amide bonds. The lowest BCUT2D eigenvalue weighted by Crippen LogP contribution is -2.32. The minimum atomic E-state index is -3.77. The van der Waals surface area contributed by atoms with E-state index in [-0.39, 0.29) is 21.8 Å². The summed E-state index contributed by atoms with van der Waals surface area (Å²) in [5, 5.41) is 2.52. The van der Waals surface area contributed by atoms with Crippen molar-refractivity contribution in [3.8, 4) is 0 Å². The highest BCUT2D eigenvalue weighted by Crippen LogP contribution is 2.30. The number of carbonyl (C=O) groups is 1. The van der Waals surface area contributed by atoms with Gasteiger partial charge in [-0.15, -0.1) is 0 Å². The second kappa shape index (κ2) is 9.41. The van der Waals surface area contributed by atoms with Crippen molar-refractivity contribution in [2.75, 3.05) is 56.4 Å². The van der Waals surface area contributed by atoms with E-state index in [4.69, 9.17) is 0 Å². The second-order valence-corrected chi connectivity index (χ2v) is 10.3. The van der Waals surface area contributed by atoms with E-state index in [1.807, 2.05) is 4.90 Å². The molecule has 0 radical (unpaired) electrons. The van der Waals surface area contributed by atoms with E-state index >= 15 is 0 Å². The molecule has 1 saturated heterocycles. The molecule has 3 rings (SSSR count). The summed E-state index contributed by atoms with van der Waals surface area (Å²) in [5.41, 5.74) is 0.454. The van der Waals surface area contributed by atoms with Crippen molar-refractivity contribution in [3.05, 3.63) is 47.5 Å². The first-order valence-electron chi connectivity index (χ1n) is 10.3. The van der Waals surface area contributed by atoms with Crippen LogP contribution in [0.3, 0.4) is 0 Å². The van der Waals surface area contributed by atoms with Crippen LogP contribution in [-0.2, 0) is 10.0 Å². The Morgan fingerprint density at radius 2 is 1.56 bits per heavy atom. The zero-order valence-corrected chi connectivity index (χ0v) is 19.5. The highest BCUT2D eigenvalue weighted by molar-refractivity contribution is 7.89. The first kappa shape index (κ1) is 23.9. The van der Waals surface area contributed by atoms with E-state index < -0.39 is 27.6 Å². The number of amides is 1. The van der Waals surface area contributed by atoms with Crippen molar-refractivity contribution in [1.29, 1.82) is 0 Å². The van der Waals surface area contributed by atoms with Crippen LogP contribution in [0.15, 0.2) is 35.2 Å². The fourth-order valence-electron chi connectivity index (χ4n) is 3.74. The summed E-state index contributed by atoms with van der Waals surface area (Å²) in [4.78, 5) is 16.5. The van der Waals surface area contributed by atoms with Crippen molar-refractivity contribution in [2.45, 2.75) is 24.2 Å². The molecular weight excluding hydrogens is 438 g/mol. The molecule has 2 aromatic carbocycles. The van der Waals surface area contributed by atoms with E-state index in [1.165, 1.54) is 45.2 Å². The molecule has 0 aliphatic carbocycles. The van der Waals surface area contributed by atoms with Crippen LogP contribution in [0.1, 0.15) is 29.6 Å². The number of carbonyl (C=O) groups excluding carboxylic acids is 1. The monoisotopic (exact) mass is 466 g/mol. The molecule has 0 unspecified atom stereocenters. The van der Waals surface area contributed by atoms with E-state index in [2.05, 4.69) is 5.32 Å². The van der Waals surface area contributed by atoms with Gasteiger partial charge in [0, 0.05) is 52.7 Å². The average Bonchev–Trinajstić information content (AvgIpc) is 2.73. The Morgan fingerprint density at radius 3 is 2.09 bits per heavy atom. The van der Waals surface area contributed by atoms with Gasteiger partial charge in [-0.25, -0.2) is 21.5 Å². The number of nitrogens with zero attached hydrogens (tertiary/aromatic N) is 3. The van der Waals surface area contributed by atoms with Crippen LogP contribution < -0.4 is 15.1 Å². The number of hydrogen-bond donors (Lipinski definition) is 1.